The average molecular weight is 232 g/mol. The van der Waals surface area contributed by atoms with E-state index in [-0.39, 0.29) is 0 Å². The summed E-state index contributed by atoms with van der Waals surface area (Å²) in [5.41, 5.74) is 11.8. The Labute approximate surface area is 100 Å². The zero-order valence-corrected chi connectivity index (χ0v) is 10.7. The first-order valence-electron chi connectivity index (χ1n) is 5.35. The third kappa shape index (κ3) is 2.01. The fourth-order valence-electron chi connectivity index (χ4n) is 1.77. The molecule has 0 aliphatic heterocycles. The SMILES string of the molecule is Cc1cc(C)c(-c2cc(CN)sn2)cc1C. The zero-order chi connectivity index (χ0) is 11.7. The van der Waals surface area contributed by atoms with Crippen LogP contribution < -0.4 is 5.73 Å². The highest BCUT2D eigenvalue weighted by Crippen LogP contribution is 2.27. The van der Waals surface area contributed by atoms with E-state index in [4.69, 9.17) is 5.73 Å². The van der Waals surface area contributed by atoms with Crippen molar-refractivity contribution in [3.63, 3.8) is 0 Å². The molecule has 3 heteroatoms. The van der Waals surface area contributed by atoms with E-state index in [1.807, 2.05) is 0 Å². The zero-order valence-electron chi connectivity index (χ0n) is 9.87. The lowest BCUT2D eigenvalue weighted by molar-refractivity contribution is 1.11. The molecule has 16 heavy (non-hydrogen) atoms. The van der Waals surface area contributed by atoms with Gasteiger partial charge < -0.3 is 5.73 Å². The van der Waals surface area contributed by atoms with E-state index in [1.54, 1.807) is 0 Å². The Morgan fingerprint density at radius 2 is 1.75 bits per heavy atom. The van der Waals surface area contributed by atoms with Crippen LogP contribution in [0.4, 0.5) is 0 Å². The van der Waals surface area contributed by atoms with E-state index >= 15 is 0 Å². The number of hydrogen-bond acceptors (Lipinski definition) is 3. The lowest BCUT2D eigenvalue weighted by atomic mass is 9.99. The molecule has 0 spiro atoms. The molecular formula is C13H16N2S. The van der Waals surface area contributed by atoms with Gasteiger partial charge in [0.25, 0.3) is 0 Å². The molecule has 1 aromatic heterocycles. The Morgan fingerprint density at radius 3 is 2.38 bits per heavy atom. The third-order valence-corrected chi connectivity index (χ3v) is 3.68. The minimum absolute atomic E-state index is 0.571. The molecule has 0 aliphatic carbocycles. The smallest absolute Gasteiger partial charge is 0.0846 e. The van der Waals surface area contributed by atoms with E-state index in [2.05, 4.69) is 43.3 Å². The maximum atomic E-state index is 5.60. The van der Waals surface area contributed by atoms with Gasteiger partial charge in [-0.1, -0.05) is 6.07 Å². The van der Waals surface area contributed by atoms with Gasteiger partial charge in [0.15, 0.2) is 0 Å². The molecule has 0 atom stereocenters. The fraction of sp³-hybridized carbons (Fsp3) is 0.308. The number of rotatable bonds is 2. The van der Waals surface area contributed by atoms with Gasteiger partial charge in [0.2, 0.25) is 0 Å². The van der Waals surface area contributed by atoms with Gasteiger partial charge in [0.1, 0.15) is 0 Å². The monoisotopic (exact) mass is 232 g/mol. The van der Waals surface area contributed by atoms with Gasteiger partial charge in [0, 0.05) is 17.0 Å². The molecule has 0 amide bonds. The van der Waals surface area contributed by atoms with Crippen molar-refractivity contribution in [2.24, 2.45) is 5.73 Å². The Kier molecular flexibility index (Phi) is 3.08. The Hall–Kier alpha value is -1.19. The topological polar surface area (TPSA) is 38.9 Å². The van der Waals surface area contributed by atoms with Crippen LogP contribution >= 0.6 is 11.5 Å². The van der Waals surface area contributed by atoms with Crippen molar-refractivity contribution in [1.82, 2.24) is 4.37 Å². The summed E-state index contributed by atoms with van der Waals surface area (Å²) in [4.78, 5) is 1.13. The van der Waals surface area contributed by atoms with Gasteiger partial charge in [-0.05, 0) is 61.1 Å². The molecule has 0 fully saturated rings. The summed E-state index contributed by atoms with van der Waals surface area (Å²) in [6.07, 6.45) is 0. The van der Waals surface area contributed by atoms with Crippen LogP contribution in [0, 0.1) is 20.8 Å². The summed E-state index contributed by atoms with van der Waals surface area (Å²) in [7, 11) is 0. The second-order valence-electron chi connectivity index (χ2n) is 4.13. The molecule has 0 unspecified atom stereocenters. The molecule has 2 N–H and O–H groups in total. The van der Waals surface area contributed by atoms with Crippen molar-refractivity contribution < 1.29 is 0 Å². The van der Waals surface area contributed by atoms with Gasteiger partial charge in [-0.15, -0.1) is 0 Å². The number of nitrogens with zero attached hydrogens (tertiary/aromatic N) is 1. The number of hydrogen-bond donors (Lipinski definition) is 1. The third-order valence-electron chi connectivity index (χ3n) is 2.88. The minimum Gasteiger partial charge on any atom is -0.326 e. The van der Waals surface area contributed by atoms with Crippen molar-refractivity contribution in [2.45, 2.75) is 27.3 Å². The van der Waals surface area contributed by atoms with Crippen molar-refractivity contribution in [2.75, 3.05) is 0 Å². The van der Waals surface area contributed by atoms with Crippen LogP contribution in [0.5, 0.6) is 0 Å². The number of nitrogens with two attached hydrogens (primary N) is 1. The van der Waals surface area contributed by atoms with Gasteiger partial charge >= 0.3 is 0 Å². The second-order valence-corrected chi connectivity index (χ2v) is 5.02. The number of aromatic nitrogens is 1. The molecule has 84 valence electrons. The summed E-state index contributed by atoms with van der Waals surface area (Å²) >= 11 is 1.49. The Balaban J connectivity index is 2.51. The predicted molar refractivity (Wildman–Crippen MR) is 69.7 cm³/mol. The van der Waals surface area contributed by atoms with E-state index in [0.29, 0.717) is 6.54 Å². The standard InChI is InChI=1S/C13H16N2S/c1-8-4-10(3)12(5-9(8)2)13-6-11(7-14)16-15-13/h4-6H,7,14H2,1-3H3. The number of aryl methyl sites for hydroxylation is 3. The van der Waals surface area contributed by atoms with Crippen LogP contribution in [-0.2, 0) is 6.54 Å². The highest BCUT2D eigenvalue weighted by molar-refractivity contribution is 7.06. The Bertz CT molecular complexity index is 515. The van der Waals surface area contributed by atoms with Gasteiger partial charge in [-0.2, -0.15) is 4.37 Å². The lowest BCUT2D eigenvalue weighted by Crippen LogP contribution is -1.92. The van der Waals surface area contributed by atoms with Crippen molar-refractivity contribution >= 4 is 11.5 Å². The summed E-state index contributed by atoms with van der Waals surface area (Å²) in [5, 5.41) is 0. The first-order chi connectivity index (χ1) is 7.61. The van der Waals surface area contributed by atoms with Gasteiger partial charge in [0.05, 0.1) is 5.69 Å². The summed E-state index contributed by atoms with van der Waals surface area (Å²) in [6.45, 7) is 6.97. The van der Waals surface area contributed by atoms with Crippen molar-refractivity contribution in [3.05, 3.63) is 39.8 Å². The fourth-order valence-corrected chi connectivity index (χ4v) is 2.38. The van der Waals surface area contributed by atoms with Crippen LogP contribution in [0.1, 0.15) is 21.6 Å². The molecule has 0 saturated carbocycles. The van der Waals surface area contributed by atoms with E-state index in [0.717, 1.165) is 10.6 Å². The van der Waals surface area contributed by atoms with Gasteiger partial charge in [-0.3, -0.25) is 0 Å². The minimum atomic E-state index is 0.571. The van der Waals surface area contributed by atoms with E-state index < -0.39 is 0 Å². The Morgan fingerprint density at radius 1 is 1.06 bits per heavy atom. The maximum Gasteiger partial charge on any atom is 0.0846 e. The van der Waals surface area contributed by atoms with Crippen LogP contribution in [0.15, 0.2) is 18.2 Å². The first-order valence-corrected chi connectivity index (χ1v) is 6.13. The lowest BCUT2D eigenvalue weighted by Gasteiger charge is -2.07. The van der Waals surface area contributed by atoms with E-state index in [1.165, 1.54) is 33.8 Å². The first kappa shape index (κ1) is 11.3. The van der Waals surface area contributed by atoms with Gasteiger partial charge in [-0.25, -0.2) is 0 Å². The molecule has 0 aliphatic rings. The molecule has 1 heterocycles. The molecule has 2 aromatic rings. The predicted octanol–water partition coefficient (Wildman–Crippen LogP) is 3.19. The average Bonchev–Trinajstić information content (AvgIpc) is 2.71. The molecule has 0 bridgehead atoms. The maximum absolute atomic E-state index is 5.60. The van der Waals surface area contributed by atoms with E-state index in [9.17, 15) is 0 Å². The second kappa shape index (κ2) is 4.36. The molecule has 1 aromatic carbocycles. The normalized spacial score (nSPS) is 10.8. The van der Waals surface area contributed by atoms with Crippen LogP contribution in [0.25, 0.3) is 11.3 Å². The van der Waals surface area contributed by atoms with Crippen molar-refractivity contribution in [1.29, 1.82) is 0 Å². The summed E-state index contributed by atoms with van der Waals surface area (Å²) in [6, 6.07) is 6.51. The highest BCUT2D eigenvalue weighted by atomic mass is 32.1. The molecular weight excluding hydrogens is 216 g/mol. The molecule has 0 radical (unpaired) electrons. The molecule has 2 rings (SSSR count). The quantitative estimate of drug-likeness (QED) is 0.863. The largest absolute Gasteiger partial charge is 0.326 e. The van der Waals surface area contributed by atoms with Crippen LogP contribution in [0.3, 0.4) is 0 Å². The summed E-state index contributed by atoms with van der Waals surface area (Å²) < 4.78 is 4.45. The highest BCUT2D eigenvalue weighted by Gasteiger charge is 2.08. The van der Waals surface area contributed by atoms with Crippen molar-refractivity contribution in [3.8, 4) is 11.3 Å². The summed E-state index contributed by atoms with van der Waals surface area (Å²) in [5.74, 6) is 0. The van der Waals surface area contributed by atoms with Crippen LogP contribution in [0.2, 0.25) is 0 Å². The molecule has 2 nitrogen and oxygen atoms in total. The number of benzene rings is 1. The molecule has 0 saturated heterocycles. The van der Waals surface area contributed by atoms with Crippen LogP contribution in [-0.4, -0.2) is 4.37 Å².